The van der Waals surface area contributed by atoms with Gasteiger partial charge in [0, 0.05) is 25.2 Å². The van der Waals surface area contributed by atoms with Crippen molar-refractivity contribution >= 4 is 11.9 Å². The van der Waals surface area contributed by atoms with E-state index in [4.69, 9.17) is 0 Å². The summed E-state index contributed by atoms with van der Waals surface area (Å²) in [6.45, 7) is 3.64. The van der Waals surface area contributed by atoms with Gasteiger partial charge >= 0.3 is 6.03 Å². The summed E-state index contributed by atoms with van der Waals surface area (Å²) in [5, 5.41) is 0. The Bertz CT molecular complexity index is 1000. The van der Waals surface area contributed by atoms with E-state index in [9.17, 15) is 14.0 Å². The van der Waals surface area contributed by atoms with Crippen LogP contribution in [0.4, 0.5) is 9.18 Å². The minimum atomic E-state index is -0.260. The van der Waals surface area contributed by atoms with Gasteiger partial charge < -0.3 is 4.90 Å². The van der Waals surface area contributed by atoms with Crippen LogP contribution in [0.25, 0.3) is 11.3 Å². The van der Waals surface area contributed by atoms with E-state index < -0.39 is 0 Å². The normalized spacial score (nSPS) is 19.8. The molecule has 2 aliphatic heterocycles. The molecule has 0 spiro atoms. The van der Waals surface area contributed by atoms with Gasteiger partial charge in [-0.05, 0) is 62.4 Å². The molecule has 1 aromatic carbocycles. The van der Waals surface area contributed by atoms with Gasteiger partial charge in [-0.25, -0.2) is 14.2 Å². The SMILES string of the molecule is O=C1CN(Cc2ccc(-c3ccc(F)c(CN4CCCCC4)n3)cc2)C(=O)N1CC1CC1. The lowest BCUT2D eigenvalue weighted by Crippen LogP contribution is -2.34. The quantitative estimate of drug-likeness (QED) is 0.615. The molecule has 6 nitrogen and oxygen atoms in total. The molecule has 2 aromatic rings. The van der Waals surface area contributed by atoms with Crippen LogP contribution in [0.2, 0.25) is 0 Å². The van der Waals surface area contributed by atoms with E-state index in [0.717, 1.165) is 55.6 Å². The van der Waals surface area contributed by atoms with Gasteiger partial charge in [0.1, 0.15) is 12.4 Å². The lowest BCUT2D eigenvalue weighted by Gasteiger charge is -2.26. The van der Waals surface area contributed by atoms with Crippen LogP contribution in [0.5, 0.6) is 0 Å². The maximum Gasteiger partial charge on any atom is 0.327 e. The largest absolute Gasteiger partial charge is 0.327 e. The van der Waals surface area contributed by atoms with Crippen LogP contribution in [0.15, 0.2) is 36.4 Å². The van der Waals surface area contributed by atoms with Crippen molar-refractivity contribution in [3.63, 3.8) is 0 Å². The van der Waals surface area contributed by atoms with Crippen molar-refractivity contribution in [3.05, 3.63) is 53.5 Å². The Labute approximate surface area is 188 Å². The van der Waals surface area contributed by atoms with Gasteiger partial charge in [0.25, 0.3) is 0 Å². The standard InChI is InChI=1S/C25H29FN4O2/c26-21-10-11-22(27-23(21)16-28-12-2-1-3-13-28)20-8-6-18(7-9-20)14-29-17-24(31)30(25(29)32)15-19-4-5-19/h6-11,19H,1-5,12-17H2. The van der Waals surface area contributed by atoms with E-state index in [2.05, 4.69) is 9.88 Å². The maximum atomic E-state index is 14.4. The second-order valence-corrected chi connectivity index (χ2v) is 9.25. The molecule has 0 N–H and O–H groups in total. The predicted octanol–water partition coefficient (Wildman–Crippen LogP) is 4.05. The Morgan fingerprint density at radius 1 is 0.938 bits per heavy atom. The number of benzene rings is 1. The zero-order valence-corrected chi connectivity index (χ0v) is 18.3. The first-order valence-corrected chi connectivity index (χ1v) is 11.6. The summed E-state index contributed by atoms with van der Waals surface area (Å²) in [5.74, 6) is 0.129. The number of hydrogen-bond donors (Lipinski definition) is 0. The maximum absolute atomic E-state index is 14.4. The number of likely N-dealkylation sites (tertiary alicyclic amines) is 1. The molecule has 3 aliphatic rings. The Morgan fingerprint density at radius 2 is 1.69 bits per heavy atom. The van der Waals surface area contributed by atoms with E-state index >= 15 is 0 Å². The number of halogens is 1. The van der Waals surface area contributed by atoms with Gasteiger partial charge in [-0.3, -0.25) is 14.6 Å². The number of urea groups is 1. The highest BCUT2D eigenvalue weighted by atomic mass is 19.1. The Hall–Kier alpha value is -2.80. The number of nitrogens with zero attached hydrogens (tertiary/aromatic N) is 4. The lowest BCUT2D eigenvalue weighted by atomic mass is 10.1. The summed E-state index contributed by atoms with van der Waals surface area (Å²) in [5.41, 5.74) is 3.10. The fraction of sp³-hybridized carbons (Fsp3) is 0.480. The molecule has 0 unspecified atom stereocenters. The average Bonchev–Trinajstić information content (AvgIpc) is 3.59. The number of amides is 3. The van der Waals surface area contributed by atoms with Crippen molar-refractivity contribution in [3.8, 4) is 11.3 Å². The molecule has 3 fully saturated rings. The van der Waals surface area contributed by atoms with Crippen molar-refractivity contribution in [2.45, 2.75) is 45.2 Å². The lowest BCUT2D eigenvalue weighted by molar-refractivity contribution is -0.125. The molecule has 1 aromatic heterocycles. The molecular formula is C25H29FN4O2. The molecule has 0 bridgehead atoms. The summed E-state index contributed by atoms with van der Waals surface area (Å²) in [7, 11) is 0. The third-order valence-electron chi connectivity index (χ3n) is 6.63. The Kier molecular flexibility index (Phi) is 5.91. The molecule has 0 radical (unpaired) electrons. The first kappa shape index (κ1) is 21.1. The number of carbonyl (C=O) groups is 2. The van der Waals surface area contributed by atoms with Gasteiger partial charge in [0.15, 0.2) is 0 Å². The first-order chi connectivity index (χ1) is 15.6. The highest BCUT2D eigenvalue weighted by molar-refractivity contribution is 6.02. The number of pyridine rings is 1. The van der Waals surface area contributed by atoms with Crippen LogP contribution >= 0.6 is 0 Å². The van der Waals surface area contributed by atoms with Crippen LogP contribution in [0.1, 0.15) is 43.4 Å². The highest BCUT2D eigenvalue weighted by Crippen LogP contribution is 2.31. The molecule has 3 heterocycles. The van der Waals surface area contributed by atoms with Crippen LogP contribution in [-0.4, -0.2) is 57.8 Å². The fourth-order valence-corrected chi connectivity index (χ4v) is 4.54. The van der Waals surface area contributed by atoms with E-state index in [0.29, 0.717) is 31.2 Å². The summed E-state index contributed by atoms with van der Waals surface area (Å²) in [4.78, 5) is 34.7. The molecule has 5 rings (SSSR count). The Morgan fingerprint density at radius 3 is 2.41 bits per heavy atom. The monoisotopic (exact) mass is 436 g/mol. The predicted molar refractivity (Wildman–Crippen MR) is 119 cm³/mol. The minimum absolute atomic E-state index is 0.102. The van der Waals surface area contributed by atoms with E-state index in [1.807, 2.05) is 24.3 Å². The molecule has 32 heavy (non-hydrogen) atoms. The summed E-state index contributed by atoms with van der Waals surface area (Å²) in [6, 6.07) is 10.8. The smallest absolute Gasteiger partial charge is 0.311 e. The topological polar surface area (TPSA) is 56.8 Å². The van der Waals surface area contributed by atoms with Crippen molar-refractivity contribution in [1.29, 1.82) is 0 Å². The summed E-state index contributed by atoms with van der Waals surface area (Å²) < 4.78 is 14.4. The number of hydrogen-bond acceptors (Lipinski definition) is 4. The van der Waals surface area contributed by atoms with Gasteiger partial charge in [0.05, 0.1) is 11.4 Å². The van der Waals surface area contributed by atoms with E-state index in [-0.39, 0.29) is 24.3 Å². The molecular weight excluding hydrogens is 407 g/mol. The molecule has 1 saturated carbocycles. The molecule has 2 saturated heterocycles. The molecule has 0 atom stereocenters. The third-order valence-corrected chi connectivity index (χ3v) is 6.63. The van der Waals surface area contributed by atoms with Crippen molar-refractivity contribution in [1.82, 2.24) is 19.7 Å². The van der Waals surface area contributed by atoms with E-state index in [1.54, 1.807) is 11.0 Å². The van der Waals surface area contributed by atoms with Gasteiger partial charge in [0.2, 0.25) is 5.91 Å². The van der Waals surface area contributed by atoms with Gasteiger partial charge in [-0.1, -0.05) is 30.7 Å². The van der Waals surface area contributed by atoms with Gasteiger partial charge in [-0.2, -0.15) is 0 Å². The second-order valence-electron chi connectivity index (χ2n) is 9.25. The third kappa shape index (κ3) is 4.67. The van der Waals surface area contributed by atoms with Crippen LogP contribution in [0.3, 0.4) is 0 Å². The first-order valence-electron chi connectivity index (χ1n) is 11.6. The number of rotatable bonds is 7. The summed E-state index contributed by atoms with van der Waals surface area (Å²) >= 11 is 0. The van der Waals surface area contributed by atoms with Crippen molar-refractivity contribution in [2.75, 3.05) is 26.2 Å². The van der Waals surface area contributed by atoms with Crippen molar-refractivity contribution < 1.29 is 14.0 Å². The van der Waals surface area contributed by atoms with E-state index in [1.165, 1.54) is 17.4 Å². The zero-order chi connectivity index (χ0) is 22.1. The molecule has 1 aliphatic carbocycles. The van der Waals surface area contributed by atoms with Crippen LogP contribution < -0.4 is 0 Å². The van der Waals surface area contributed by atoms with Crippen LogP contribution in [-0.2, 0) is 17.9 Å². The van der Waals surface area contributed by atoms with Crippen LogP contribution in [0, 0.1) is 11.7 Å². The van der Waals surface area contributed by atoms with Gasteiger partial charge in [-0.15, -0.1) is 0 Å². The summed E-state index contributed by atoms with van der Waals surface area (Å²) in [6.07, 6.45) is 5.78. The highest BCUT2D eigenvalue weighted by Gasteiger charge is 2.39. The zero-order valence-electron chi connectivity index (χ0n) is 18.3. The van der Waals surface area contributed by atoms with Crippen molar-refractivity contribution in [2.24, 2.45) is 5.92 Å². The number of carbonyl (C=O) groups excluding carboxylic acids is 2. The molecule has 3 amide bonds. The Balaban J connectivity index is 1.25. The second kappa shape index (κ2) is 8.98. The number of aromatic nitrogens is 1. The number of imide groups is 1. The average molecular weight is 437 g/mol. The molecule has 168 valence electrons. The fourth-order valence-electron chi connectivity index (χ4n) is 4.54. The minimum Gasteiger partial charge on any atom is -0.311 e. The molecule has 7 heteroatoms. The number of piperidine rings is 1.